The van der Waals surface area contributed by atoms with Crippen molar-refractivity contribution >= 4 is 46.4 Å². The molecule has 6 aromatic carbocycles. The topological polar surface area (TPSA) is 69.6 Å². The smallest absolute Gasteiger partial charge is 0.140 e. The Morgan fingerprint density at radius 2 is 1.42 bits per heavy atom. The van der Waals surface area contributed by atoms with Gasteiger partial charge in [0.25, 0.3) is 0 Å². The van der Waals surface area contributed by atoms with E-state index in [1.54, 1.807) is 12.1 Å². The minimum absolute atomic E-state index is 0. The number of rotatable bonds is 7. The second-order valence-corrected chi connectivity index (χ2v) is 24.6. The van der Waals surface area contributed by atoms with Gasteiger partial charge >= 0.3 is 0 Å². The zero-order chi connectivity index (χ0) is 48.6. The van der Waals surface area contributed by atoms with E-state index in [2.05, 4.69) is 155 Å². The summed E-state index contributed by atoms with van der Waals surface area (Å²) < 4.78 is 34.9. The summed E-state index contributed by atoms with van der Waals surface area (Å²) in [5.74, 6) is 1.55. The van der Waals surface area contributed by atoms with Crippen LogP contribution in [0.25, 0.3) is 83.8 Å². The minimum atomic E-state index is -2.38. The van der Waals surface area contributed by atoms with Gasteiger partial charge in [-0.3, -0.25) is 15.0 Å². The van der Waals surface area contributed by atoms with E-state index < -0.39 is 14.9 Å². The maximum Gasteiger partial charge on any atom is 0.140 e. The second-order valence-electron chi connectivity index (χ2n) is 19.5. The van der Waals surface area contributed by atoms with Crippen molar-refractivity contribution < 1.29 is 28.6 Å². The second kappa shape index (κ2) is 17.7. The number of furan rings is 1. The van der Waals surface area contributed by atoms with Gasteiger partial charge in [0.15, 0.2) is 0 Å². The number of nitrogens with zero attached hydrogens (tertiary/aromatic N) is 5. The molecule has 0 amide bonds. The summed E-state index contributed by atoms with van der Waals surface area (Å²) in [4.78, 5) is 19.4. The molecule has 0 bridgehead atoms. The number of fused-ring (bicyclic) bond motifs is 7. The summed E-state index contributed by atoms with van der Waals surface area (Å²) in [5, 5.41) is 2.15. The van der Waals surface area contributed by atoms with E-state index in [-0.39, 0.29) is 42.9 Å². The number of aromatic nitrogens is 5. The Balaban J connectivity index is 0.000000304. The van der Waals surface area contributed by atoms with Crippen LogP contribution in [0.3, 0.4) is 0 Å². The summed E-state index contributed by atoms with van der Waals surface area (Å²) >= 11 is 0. The molecule has 0 N–H and O–H groups in total. The zero-order valence-corrected chi connectivity index (χ0v) is 42.8. The molecule has 10 aromatic rings. The first-order chi connectivity index (χ1) is 32.9. The van der Waals surface area contributed by atoms with Gasteiger partial charge in [-0.25, -0.2) is 4.98 Å². The predicted octanol–water partition coefficient (Wildman–Crippen LogP) is 14.8. The molecule has 1 aliphatic rings. The van der Waals surface area contributed by atoms with Crippen molar-refractivity contribution in [3.05, 3.63) is 180 Å². The average molecular weight is 1070 g/mol. The molecule has 4 aromatic heterocycles. The zero-order valence-electron chi connectivity index (χ0n) is 42.4. The average Bonchev–Trinajstić information content (AvgIpc) is 3.98. The maximum absolute atomic E-state index is 8.66. The van der Waals surface area contributed by atoms with Crippen LogP contribution in [-0.2, 0) is 25.5 Å². The molecule has 4 heterocycles. The van der Waals surface area contributed by atoms with Crippen molar-refractivity contribution in [2.75, 3.05) is 0 Å². The molecule has 6 nitrogen and oxygen atoms in total. The fraction of sp³-hybridized carbons (Fsp3) is 0.220. The summed E-state index contributed by atoms with van der Waals surface area (Å²) in [6.45, 7) is 17.7. The van der Waals surface area contributed by atoms with Crippen molar-refractivity contribution in [2.24, 2.45) is 0 Å². The molecule has 0 saturated heterocycles. The van der Waals surface area contributed by atoms with Crippen LogP contribution in [0.1, 0.15) is 85.4 Å². The van der Waals surface area contributed by atoms with Gasteiger partial charge in [-0.05, 0) is 92.5 Å². The number of hydrogen-bond donors (Lipinski definition) is 0. The Morgan fingerprint density at radius 1 is 0.716 bits per heavy atom. The van der Waals surface area contributed by atoms with Crippen LogP contribution in [0.2, 0.25) is 19.6 Å². The van der Waals surface area contributed by atoms with Gasteiger partial charge < -0.3 is 8.98 Å². The number of pyridine rings is 1. The van der Waals surface area contributed by atoms with Crippen molar-refractivity contribution in [2.45, 2.75) is 85.3 Å². The molecule has 0 spiro atoms. The normalized spacial score (nSPS) is 13.7. The Hall–Kier alpha value is -6.31. The largest absolute Gasteiger partial charge is 0.499 e. The van der Waals surface area contributed by atoms with Crippen LogP contribution in [0.5, 0.6) is 0 Å². The van der Waals surface area contributed by atoms with Crippen molar-refractivity contribution in [3.63, 3.8) is 0 Å². The molecule has 8 heteroatoms. The summed E-state index contributed by atoms with van der Waals surface area (Å²) in [7, 11) is -1.29. The van der Waals surface area contributed by atoms with E-state index in [9.17, 15) is 0 Å². The summed E-state index contributed by atoms with van der Waals surface area (Å²) in [6.07, 6.45) is 3.91. The van der Waals surface area contributed by atoms with Gasteiger partial charge in [0.05, 0.1) is 47.5 Å². The molecule has 1 aliphatic carbocycles. The third kappa shape index (κ3) is 8.09. The third-order valence-electron chi connectivity index (χ3n) is 13.0. The monoisotopic (exact) mass is 1070 g/mol. The number of imidazole rings is 1. The molecule has 0 fully saturated rings. The first kappa shape index (κ1) is 42.1. The van der Waals surface area contributed by atoms with Crippen LogP contribution in [0.4, 0.5) is 0 Å². The van der Waals surface area contributed by atoms with Gasteiger partial charge in [-0.2, -0.15) is 0 Å². The molecular weight excluding hydrogens is 1010 g/mol. The van der Waals surface area contributed by atoms with E-state index in [1.807, 2.05) is 60.9 Å². The predicted molar refractivity (Wildman–Crippen MR) is 276 cm³/mol. The summed E-state index contributed by atoms with van der Waals surface area (Å²) in [6, 6.07) is 49.3. The molecule has 11 rings (SSSR count). The third-order valence-corrected chi connectivity index (χ3v) is 15.0. The van der Waals surface area contributed by atoms with E-state index >= 15 is 0 Å². The van der Waals surface area contributed by atoms with E-state index in [4.69, 9.17) is 18.5 Å². The van der Waals surface area contributed by atoms with Crippen molar-refractivity contribution in [1.82, 2.24) is 24.5 Å². The molecule has 67 heavy (non-hydrogen) atoms. The van der Waals surface area contributed by atoms with Gasteiger partial charge in [-0.15, -0.1) is 54.1 Å². The molecule has 0 unspecified atom stereocenters. The number of hydrogen-bond acceptors (Lipinski definition) is 5. The SMILES string of the molecule is C[Si](C)(C)c1cnc(-c2[c-]cccc2)nc1.[2H]C([2H])([2H])c1cccc2nc(-c3[c-]ccc4c3oc3cc5c(nc34)C(C)(C)c3ccccc3-5)n(-c3c(C(C)C)cc(-c4ccccc4)cc3C(C)C)c12.[Ir]. The molecule has 0 aliphatic heterocycles. The Labute approximate surface area is 413 Å². The molecule has 0 atom stereocenters. The Kier molecular flexibility index (Phi) is 11.1. The standard InChI is InChI=1S/C46H40N3O.C13H15N2Si.Ir/c1-26(2)34-23-30(29-16-9-8-10-17-29)24-35(27(3)4)42(34)49-41-28(5)15-13-22-38(41)47-45(49)33-20-14-19-32-40-39(50-43(32)33)25-36-31-18-11-12-21-37(31)46(6,7)44(36)48-40;1-16(2,3)12-9-14-13(15-10-12)11-7-5-4-6-8-11;/h8-19,21-27H,1-7H3;4-7,9-10H,1-3H3;/q2*-1;/i5D3;;. The molecule has 1 radical (unpaired) electrons. The maximum atomic E-state index is 8.66. The van der Waals surface area contributed by atoms with Crippen molar-refractivity contribution in [3.8, 4) is 50.7 Å². The van der Waals surface area contributed by atoms with E-state index in [0.29, 0.717) is 33.6 Å². The van der Waals surface area contributed by atoms with Gasteiger partial charge in [0.2, 0.25) is 0 Å². The molecule has 0 saturated carbocycles. The fourth-order valence-corrected chi connectivity index (χ4v) is 10.3. The van der Waals surface area contributed by atoms with E-state index in [1.165, 1.54) is 16.3 Å². The summed E-state index contributed by atoms with van der Waals surface area (Å²) in [5.41, 5.74) is 14.8. The first-order valence-corrected chi connectivity index (χ1v) is 26.4. The first-order valence-electron chi connectivity index (χ1n) is 24.4. The van der Waals surface area contributed by atoms with E-state index in [0.717, 1.165) is 61.5 Å². The van der Waals surface area contributed by atoms with Gasteiger partial charge in [0, 0.05) is 53.3 Å². The van der Waals surface area contributed by atoms with Gasteiger partial charge in [-0.1, -0.05) is 133 Å². The van der Waals surface area contributed by atoms with Crippen LogP contribution in [0.15, 0.2) is 144 Å². The van der Waals surface area contributed by atoms with Crippen LogP contribution in [-0.4, -0.2) is 32.6 Å². The number of benzene rings is 6. The van der Waals surface area contributed by atoms with Crippen LogP contribution in [0, 0.1) is 19.0 Å². The number of aryl methyl sites for hydroxylation is 1. The fourth-order valence-electron chi connectivity index (χ4n) is 9.41. The Bertz CT molecular complexity index is 3530. The molecular formula is C59H55IrN5OSi-2. The minimum Gasteiger partial charge on any atom is -0.499 e. The van der Waals surface area contributed by atoms with Crippen LogP contribution >= 0.6 is 0 Å². The quantitative estimate of drug-likeness (QED) is 0.117. The Morgan fingerprint density at radius 3 is 2.09 bits per heavy atom. The molecule has 337 valence electrons. The van der Waals surface area contributed by atoms with Gasteiger partial charge in [0.1, 0.15) is 5.58 Å². The van der Waals surface area contributed by atoms with Crippen LogP contribution < -0.4 is 5.19 Å². The van der Waals surface area contributed by atoms with Crippen molar-refractivity contribution in [1.29, 1.82) is 0 Å². The number of para-hydroxylation sites is 1.